The average molecular weight is 273 g/mol. The molecular weight excluding hydrogens is 254 g/mol. The van der Waals surface area contributed by atoms with Crippen molar-refractivity contribution in [3.63, 3.8) is 0 Å². The highest BCUT2D eigenvalue weighted by atomic mass is 14.9. The SMILES string of the molecule is C/C=C\c1c2c3c(c4ccccc4n3c1/C=C\C)=CCC2. The summed E-state index contributed by atoms with van der Waals surface area (Å²) >= 11 is 0. The van der Waals surface area contributed by atoms with Crippen LogP contribution in [-0.4, -0.2) is 4.40 Å². The zero-order valence-electron chi connectivity index (χ0n) is 12.6. The number of allylic oxidation sites excluding steroid dienone is 2. The highest BCUT2D eigenvalue weighted by Crippen LogP contribution is 2.32. The summed E-state index contributed by atoms with van der Waals surface area (Å²) in [5, 5.41) is 2.81. The van der Waals surface area contributed by atoms with Crippen LogP contribution in [0.2, 0.25) is 0 Å². The zero-order chi connectivity index (χ0) is 14.4. The van der Waals surface area contributed by atoms with Gasteiger partial charge < -0.3 is 4.40 Å². The van der Waals surface area contributed by atoms with E-state index in [1.165, 1.54) is 38.5 Å². The van der Waals surface area contributed by atoms with Crippen LogP contribution in [0.1, 0.15) is 37.1 Å². The van der Waals surface area contributed by atoms with E-state index in [4.69, 9.17) is 0 Å². The minimum absolute atomic E-state index is 1.14. The summed E-state index contributed by atoms with van der Waals surface area (Å²) in [4.78, 5) is 0. The molecule has 0 radical (unpaired) electrons. The van der Waals surface area contributed by atoms with E-state index in [0.717, 1.165) is 12.8 Å². The molecule has 4 rings (SSSR count). The minimum Gasteiger partial charge on any atom is -0.308 e. The summed E-state index contributed by atoms with van der Waals surface area (Å²) in [5.41, 5.74) is 6.97. The number of aryl methyl sites for hydroxylation is 1. The Hall–Kier alpha value is -2.28. The molecular formula is C20H19N. The van der Waals surface area contributed by atoms with Crippen molar-refractivity contribution in [1.29, 1.82) is 0 Å². The van der Waals surface area contributed by atoms with Gasteiger partial charge in [0.2, 0.25) is 0 Å². The molecule has 1 aliphatic carbocycles. The molecule has 0 saturated carbocycles. The van der Waals surface area contributed by atoms with Crippen LogP contribution in [0.5, 0.6) is 0 Å². The number of rotatable bonds is 2. The first-order valence-electron chi connectivity index (χ1n) is 7.70. The number of para-hydroxylation sites is 1. The van der Waals surface area contributed by atoms with E-state index < -0.39 is 0 Å². The summed E-state index contributed by atoms with van der Waals surface area (Å²) in [7, 11) is 0. The fourth-order valence-electron chi connectivity index (χ4n) is 3.71. The second-order valence-corrected chi connectivity index (χ2v) is 5.64. The fraction of sp³-hybridized carbons (Fsp3) is 0.200. The van der Waals surface area contributed by atoms with Crippen LogP contribution >= 0.6 is 0 Å². The van der Waals surface area contributed by atoms with Crippen molar-refractivity contribution in [3.05, 3.63) is 58.5 Å². The molecule has 1 nitrogen and oxygen atoms in total. The molecule has 0 amide bonds. The van der Waals surface area contributed by atoms with E-state index in [2.05, 4.69) is 72.9 Å². The van der Waals surface area contributed by atoms with Crippen LogP contribution in [0.3, 0.4) is 0 Å². The third-order valence-electron chi connectivity index (χ3n) is 4.44. The van der Waals surface area contributed by atoms with Gasteiger partial charge in [-0.2, -0.15) is 0 Å². The third kappa shape index (κ3) is 1.58. The van der Waals surface area contributed by atoms with Crippen LogP contribution in [0, 0.1) is 0 Å². The molecule has 0 unspecified atom stereocenters. The van der Waals surface area contributed by atoms with Gasteiger partial charge in [0.1, 0.15) is 0 Å². The van der Waals surface area contributed by atoms with Crippen molar-refractivity contribution in [2.45, 2.75) is 26.7 Å². The normalized spacial score (nSPS) is 14.8. The van der Waals surface area contributed by atoms with Crippen molar-refractivity contribution in [3.8, 4) is 0 Å². The van der Waals surface area contributed by atoms with E-state index in [9.17, 15) is 0 Å². The van der Waals surface area contributed by atoms with Gasteiger partial charge in [-0.3, -0.25) is 0 Å². The standard InChI is InChI=1S/C20H19N/c1-3-8-14-16-11-7-12-17-15-10-5-6-13-19(15)21(20(16)17)18(14)9-4-2/h3-6,8-10,12-13H,7,11H2,1-2H3/b8-3-,9-4-. The number of aromatic nitrogens is 1. The summed E-state index contributed by atoms with van der Waals surface area (Å²) in [6.45, 7) is 4.19. The first-order valence-corrected chi connectivity index (χ1v) is 7.70. The molecule has 2 heterocycles. The molecule has 1 aromatic carbocycles. The predicted octanol–water partition coefficient (Wildman–Crippen LogP) is 4.60. The summed E-state index contributed by atoms with van der Waals surface area (Å²) in [6.07, 6.45) is 13.5. The zero-order valence-corrected chi connectivity index (χ0v) is 12.6. The highest BCUT2D eigenvalue weighted by molar-refractivity contribution is 5.95. The largest absolute Gasteiger partial charge is 0.308 e. The van der Waals surface area contributed by atoms with E-state index in [-0.39, 0.29) is 0 Å². The number of nitrogens with zero attached hydrogens (tertiary/aromatic N) is 1. The lowest BCUT2D eigenvalue weighted by Gasteiger charge is -2.04. The van der Waals surface area contributed by atoms with Crippen molar-refractivity contribution in [1.82, 2.24) is 4.40 Å². The van der Waals surface area contributed by atoms with Crippen molar-refractivity contribution in [2.24, 2.45) is 0 Å². The quantitative estimate of drug-likeness (QED) is 0.642. The molecule has 0 fully saturated rings. The summed E-state index contributed by atoms with van der Waals surface area (Å²) in [6, 6.07) is 8.76. The van der Waals surface area contributed by atoms with E-state index >= 15 is 0 Å². The van der Waals surface area contributed by atoms with E-state index in [0.29, 0.717) is 0 Å². The third-order valence-corrected chi connectivity index (χ3v) is 4.44. The number of hydrogen-bond acceptors (Lipinski definition) is 0. The van der Waals surface area contributed by atoms with Gasteiger partial charge in [0, 0.05) is 16.2 Å². The maximum absolute atomic E-state index is 2.45. The predicted molar refractivity (Wildman–Crippen MR) is 92.3 cm³/mol. The van der Waals surface area contributed by atoms with E-state index in [1.807, 2.05) is 0 Å². The van der Waals surface area contributed by atoms with Gasteiger partial charge in [-0.25, -0.2) is 0 Å². The van der Waals surface area contributed by atoms with Gasteiger partial charge >= 0.3 is 0 Å². The van der Waals surface area contributed by atoms with Crippen molar-refractivity contribution < 1.29 is 0 Å². The van der Waals surface area contributed by atoms with Crippen LogP contribution in [0.25, 0.3) is 34.6 Å². The first kappa shape index (κ1) is 12.5. The molecule has 1 aliphatic rings. The molecule has 21 heavy (non-hydrogen) atoms. The molecule has 0 saturated heterocycles. The molecule has 0 atom stereocenters. The van der Waals surface area contributed by atoms with Crippen molar-refractivity contribution in [2.75, 3.05) is 0 Å². The topological polar surface area (TPSA) is 4.41 Å². The molecule has 1 heteroatoms. The monoisotopic (exact) mass is 273 g/mol. The lowest BCUT2D eigenvalue weighted by Crippen LogP contribution is -2.06. The maximum atomic E-state index is 2.45. The number of benzene rings is 1. The van der Waals surface area contributed by atoms with Crippen molar-refractivity contribution >= 4 is 34.6 Å². The van der Waals surface area contributed by atoms with Gasteiger partial charge in [0.25, 0.3) is 0 Å². The van der Waals surface area contributed by atoms with Crippen LogP contribution in [0.4, 0.5) is 0 Å². The second-order valence-electron chi connectivity index (χ2n) is 5.64. The van der Waals surface area contributed by atoms with E-state index in [1.54, 1.807) is 0 Å². The number of fused-ring (bicyclic) bond motifs is 3. The lowest BCUT2D eigenvalue weighted by atomic mass is 9.98. The highest BCUT2D eigenvalue weighted by Gasteiger charge is 2.21. The molecule has 3 aromatic rings. The van der Waals surface area contributed by atoms with Crippen LogP contribution < -0.4 is 5.22 Å². The summed E-state index contributed by atoms with van der Waals surface area (Å²) < 4.78 is 2.45. The van der Waals surface area contributed by atoms with Gasteiger partial charge in [-0.05, 0) is 44.4 Å². The Bertz CT molecular complexity index is 951. The fourth-order valence-corrected chi connectivity index (χ4v) is 3.71. The molecule has 0 bridgehead atoms. The van der Waals surface area contributed by atoms with Crippen LogP contribution in [-0.2, 0) is 6.42 Å². The Labute approximate surface area is 124 Å². The smallest absolute Gasteiger partial charge is 0.0576 e. The maximum Gasteiger partial charge on any atom is 0.0576 e. The molecule has 0 aliphatic heterocycles. The molecule has 0 N–H and O–H groups in total. The second kappa shape index (κ2) is 4.63. The number of hydrogen-bond donors (Lipinski definition) is 0. The van der Waals surface area contributed by atoms with Gasteiger partial charge in [-0.15, -0.1) is 0 Å². The Morgan fingerprint density at radius 1 is 1.05 bits per heavy atom. The van der Waals surface area contributed by atoms with Gasteiger partial charge in [-0.1, -0.05) is 42.5 Å². The molecule has 104 valence electrons. The minimum atomic E-state index is 1.14. The summed E-state index contributed by atoms with van der Waals surface area (Å²) in [5.74, 6) is 0. The van der Waals surface area contributed by atoms with Gasteiger partial charge in [0.05, 0.1) is 16.7 Å². The first-order chi connectivity index (χ1) is 10.4. The van der Waals surface area contributed by atoms with Crippen LogP contribution in [0.15, 0.2) is 36.4 Å². The molecule has 2 aromatic heterocycles. The Balaban J connectivity index is 2.32. The lowest BCUT2D eigenvalue weighted by molar-refractivity contribution is 1.04. The molecule has 0 spiro atoms. The van der Waals surface area contributed by atoms with Gasteiger partial charge in [0.15, 0.2) is 0 Å². The Kier molecular flexibility index (Phi) is 2.75. The Morgan fingerprint density at radius 3 is 2.67 bits per heavy atom. The average Bonchev–Trinajstić information content (AvgIpc) is 3.01. The Morgan fingerprint density at radius 2 is 1.86 bits per heavy atom.